The van der Waals surface area contributed by atoms with E-state index in [-0.39, 0.29) is 22.9 Å². The number of carbonyl (C=O) groups is 1. The van der Waals surface area contributed by atoms with E-state index in [0.717, 1.165) is 44.1 Å². The topological polar surface area (TPSA) is 39.2 Å². The highest BCUT2D eigenvalue weighted by Crippen LogP contribution is 2.66. The highest BCUT2D eigenvalue weighted by molar-refractivity contribution is 5.90. The molecule has 1 aromatic heterocycles. The Morgan fingerprint density at radius 1 is 1.22 bits per heavy atom. The molecule has 2 bridgehead atoms. The molecule has 2 saturated carbocycles. The van der Waals surface area contributed by atoms with Gasteiger partial charge in [-0.15, -0.1) is 0 Å². The van der Waals surface area contributed by atoms with Crippen LogP contribution in [0.25, 0.3) is 5.57 Å². The van der Waals surface area contributed by atoms with Crippen molar-refractivity contribution >= 4 is 11.5 Å². The van der Waals surface area contributed by atoms with Crippen LogP contribution in [0.5, 0.6) is 0 Å². The van der Waals surface area contributed by atoms with E-state index in [1.54, 1.807) is 6.20 Å². The third-order valence-electron chi connectivity index (χ3n) is 7.51. The molecule has 0 N–H and O–H groups in total. The summed E-state index contributed by atoms with van der Waals surface area (Å²) in [4.78, 5) is 17.2. The van der Waals surface area contributed by atoms with Crippen LogP contribution in [-0.4, -0.2) is 17.1 Å². The Hall–Kier alpha value is -1.64. The highest BCUT2D eigenvalue weighted by atomic mass is 16.5. The van der Waals surface area contributed by atoms with Crippen LogP contribution < -0.4 is 0 Å². The summed E-state index contributed by atoms with van der Waals surface area (Å²) in [5.74, 6) is 0.447. The smallest absolute Gasteiger partial charge is 0.340 e. The molecule has 1 aromatic rings. The molecule has 0 aromatic carbocycles. The third kappa shape index (κ3) is 3.58. The maximum atomic E-state index is 12.9. The number of pyridine rings is 1. The number of ether oxygens (including phenoxy) is 1. The number of fused-ring (bicyclic) bond motifs is 2. The van der Waals surface area contributed by atoms with Crippen LogP contribution in [0.4, 0.5) is 0 Å². The first-order valence-electron chi connectivity index (χ1n) is 10.7. The van der Waals surface area contributed by atoms with Gasteiger partial charge in [0.15, 0.2) is 0 Å². The molecule has 0 radical (unpaired) electrons. The Morgan fingerprint density at radius 3 is 2.56 bits per heavy atom. The largest absolute Gasteiger partial charge is 0.458 e. The summed E-state index contributed by atoms with van der Waals surface area (Å²) in [6, 6.07) is 1.97. The zero-order valence-electron chi connectivity index (χ0n) is 17.7. The Bertz CT molecular complexity index is 721. The van der Waals surface area contributed by atoms with Crippen molar-refractivity contribution in [3.05, 3.63) is 35.7 Å². The minimum absolute atomic E-state index is 0.0214. The lowest BCUT2D eigenvalue weighted by atomic mass is 9.70. The Morgan fingerprint density at radius 2 is 1.96 bits per heavy atom. The summed E-state index contributed by atoms with van der Waals surface area (Å²) in [7, 11) is 0. The van der Waals surface area contributed by atoms with E-state index in [9.17, 15) is 4.79 Å². The van der Waals surface area contributed by atoms with Crippen LogP contribution in [0.15, 0.2) is 24.5 Å². The van der Waals surface area contributed by atoms with E-state index in [4.69, 9.17) is 4.74 Å². The van der Waals surface area contributed by atoms with E-state index < -0.39 is 0 Å². The lowest BCUT2D eigenvalue weighted by Gasteiger charge is -2.38. The molecule has 148 valence electrons. The van der Waals surface area contributed by atoms with Crippen LogP contribution >= 0.6 is 0 Å². The number of esters is 1. The Balaban J connectivity index is 1.77. The van der Waals surface area contributed by atoms with E-state index in [0.29, 0.717) is 11.5 Å². The minimum atomic E-state index is -0.217. The molecule has 0 unspecified atom stereocenters. The fourth-order valence-corrected chi connectivity index (χ4v) is 5.19. The second-order valence-corrected chi connectivity index (χ2v) is 9.23. The van der Waals surface area contributed by atoms with E-state index in [1.165, 1.54) is 12.0 Å². The molecule has 3 atom stereocenters. The maximum Gasteiger partial charge on any atom is 0.340 e. The number of nitrogens with zero attached hydrogens (tertiary/aromatic N) is 1. The summed E-state index contributed by atoms with van der Waals surface area (Å²) in [6.07, 6.45) is 13.5. The van der Waals surface area contributed by atoms with Crippen molar-refractivity contribution in [1.82, 2.24) is 4.98 Å². The summed E-state index contributed by atoms with van der Waals surface area (Å²) in [6.45, 7) is 11.4. The molecule has 0 spiro atoms. The summed E-state index contributed by atoms with van der Waals surface area (Å²) < 4.78 is 6.05. The molecular weight excluding hydrogens is 334 g/mol. The van der Waals surface area contributed by atoms with Gasteiger partial charge in [-0.1, -0.05) is 53.5 Å². The van der Waals surface area contributed by atoms with Crippen molar-refractivity contribution in [2.75, 3.05) is 0 Å². The zero-order chi connectivity index (χ0) is 19.7. The van der Waals surface area contributed by atoms with Gasteiger partial charge in [-0.25, -0.2) is 4.79 Å². The second kappa shape index (κ2) is 7.77. The van der Waals surface area contributed by atoms with E-state index >= 15 is 0 Å². The average Bonchev–Trinajstić information content (AvgIpc) is 2.98. The number of carbonyl (C=O) groups excluding carboxylic acids is 1. The van der Waals surface area contributed by atoms with E-state index in [1.807, 2.05) is 12.3 Å². The number of hydrogen-bond donors (Lipinski definition) is 0. The van der Waals surface area contributed by atoms with Crippen molar-refractivity contribution in [2.45, 2.75) is 85.7 Å². The van der Waals surface area contributed by atoms with Gasteiger partial charge in [-0.05, 0) is 60.6 Å². The first kappa shape index (κ1) is 20.1. The monoisotopic (exact) mass is 369 g/mol. The van der Waals surface area contributed by atoms with Crippen molar-refractivity contribution in [3.63, 3.8) is 0 Å². The van der Waals surface area contributed by atoms with Crippen LogP contribution in [0.1, 0.15) is 95.5 Å². The maximum absolute atomic E-state index is 12.9. The van der Waals surface area contributed by atoms with Crippen molar-refractivity contribution in [1.29, 1.82) is 0 Å². The number of hydrogen-bond acceptors (Lipinski definition) is 3. The molecule has 3 rings (SSSR count). The quantitative estimate of drug-likeness (QED) is 0.519. The number of aromatic nitrogens is 1. The predicted octanol–water partition coefficient (Wildman–Crippen LogP) is 6.44. The van der Waals surface area contributed by atoms with Crippen molar-refractivity contribution in [2.24, 2.45) is 16.7 Å². The molecule has 2 aliphatic rings. The highest BCUT2D eigenvalue weighted by Gasteiger charge is 2.62. The molecule has 2 aliphatic carbocycles. The van der Waals surface area contributed by atoms with Gasteiger partial charge in [0.25, 0.3) is 0 Å². The lowest BCUT2D eigenvalue weighted by Crippen LogP contribution is -2.38. The summed E-state index contributed by atoms with van der Waals surface area (Å²) in [5, 5.41) is 0. The molecule has 3 heteroatoms. The van der Waals surface area contributed by atoms with Gasteiger partial charge in [0, 0.05) is 17.8 Å². The number of unbranched alkanes of at least 4 members (excludes halogenated alkanes) is 1. The van der Waals surface area contributed by atoms with Gasteiger partial charge in [0.2, 0.25) is 0 Å². The first-order chi connectivity index (χ1) is 12.8. The molecule has 1 heterocycles. The number of allylic oxidation sites excluding steroid dienone is 2. The van der Waals surface area contributed by atoms with Gasteiger partial charge in [0.1, 0.15) is 6.10 Å². The van der Waals surface area contributed by atoms with Crippen LogP contribution in [0.2, 0.25) is 0 Å². The van der Waals surface area contributed by atoms with Gasteiger partial charge in [0.05, 0.1) is 5.56 Å². The zero-order valence-corrected chi connectivity index (χ0v) is 17.7. The van der Waals surface area contributed by atoms with Crippen molar-refractivity contribution in [3.8, 4) is 0 Å². The SMILES string of the molecule is CCC/C=C(\CCC)c1cncc(C(=O)O[C@H]2C[C@H]3CC[C@]2(C)C3(C)C)c1. The average molecular weight is 370 g/mol. The molecule has 3 nitrogen and oxygen atoms in total. The molecule has 0 aliphatic heterocycles. The van der Waals surface area contributed by atoms with Crippen LogP contribution in [0, 0.1) is 16.7 Å². The lowest BCUT2D eigenvalue weighted by molar-refractivity contribution is -0.0242. The van der Waals surface area contributed by atoms with E-state index in [2.05, 4.69) is 45.7 Å². The Kier molecular flexibility index (Phi) is 5.79. The minimum Gasteiger partial charge on any atom is -0.458 e. The molecule has 0 amide bonds. The van der Waals surface area contributed by atoms with Crippen LogP contribution in [0.3, 0.4) is 0 Å². The summed E-state index contributed by atoms with van der Waals surface area (Å²) >= 11 is 0. The molecule has 2 fully saturated rings. The fourth-order valence-electron chi connectivity index (χ4n) is 5.19. The molecule has 0 saturated heterocycles. The number of rotatable bonds is 7. The van der Waals surface area contributed by atoms with Gasteiger partial charge in [-0.2, -0.15) is 0 Å². The fraction of sp³-hybridized carbons (Fsp3) is 0.667. The van der Waals surface area contributed by atoms with Crippen LogP contribution in [-0.2, 0) is 4.74 Å². The normalized spacial score (nSPS) is 29.1. The molecule has 27 heavy (non-hydrogen) atoms. The summed E-state index contributed by atoms with van der Waals surface area (Å²) in [5.41, 5.74) is 3.26. The standard InChI is InChI=1S/C24H35NO2/c1-6-8-10-17(9-7-2)18-13-19(16-25-15-18)22(26)27-21-14-20-11-12-24(21,5)23(20,3)4/h10,13,15-16,20-21H,6-9,11-12,14H2,1-5H3/b17-10+/t20-,21+,24+/m1/s1. The van der Waals surface area contributed by atoms with Gasteiger partial charge >= 0.3 is 5.97 Å². The van der Waals surface area contributed by atoms with Crippen molar-refractivity contribution < 1.29 is 9.53 Å². The molecular formula is C24H35NO2. The van der Waals surface area contributed by atoms with Gasteiger partial charge in [-0.3, -0.25) is 4.98 Å². The second-order valence-electron chi connectivity index (χ2n) is 9.23. The Labute approximate surface area is 164 Å². The third-order valence-corrected chi connectivity index (χ3v) is 7.51. The first-order valence-corrected chi connectivity index (χ1v) is 10.7. The van der Waals surface area contributed by atoms with Gasteiger partial charge < -0.3 is 4.74 Å². The predicted molar refractivity (Wildman–Crippen MR) is 110 cm³/mol.